The van der Waals surface area contributed by atoms with E-state index in [0.29, 0.717) is 0 Å². The van der Waals surface area contributed by atoms with Gasteiger partial charge in [0.2, 0.25) is 11.1 Å². The van der Waals surface area contributed by atoms with Crippen molar-refractivity contribution < 1.29 is 4.79 Å². The molecule has 8 heteroatoms. The zero-order chi connectivity index (χ0) is 18.7. The fraction of sp³-hybridized carbons (Fsp3) is 0.222. The van der Waals surface area contributed by atoms with Gasteiger partial charge in [0.15, 0.2) is 0 Å². The standard InChI is InChI=1S/C18H19N5O2S/c1-11(14-9-5-7-13-6-3-4-8-15(13)14)20-16(24)10-26-18-22-21-12(2)17(25)23(18)19/h3-9,11H,10,19H2,1-2H3,(H,20,24)/t11-/m0/s1. The van der Waals surface area contributed by atoms with E-state index in [1.165, 1.54) is 6.92 Å². The molecule has 2 aromatic carbocycles. The Morgan fingerprint density at radius 3 is 2.77 bits per heavy atom. The first-order valence-corrected chi connectivity index (χ1v) is 9.07. The van der Waals surface area contributed by atoms with E-state index in [2.05, 4.69) is 15.5 Å². The van der Waals surface area contributed by atoms with Crippen LogP contribution in [-0.4, -0.2) is 26.5 Å². The summed E-state index contributed by atoms with van der Waals surface area (Å²) in [5.41, 5.74) is 0.838. The molecular weight excluding hydrogens is 350 g/mol. The maximum atomic E-state index is 12.3. The van der Waals surface area contributed by atoms with Gasteiger partial charge in [0.05, 0.1) is 11.8 Å². The largest absolute Gasteiger partial charge is 0.349 e. The maximum absolute atomic E-state index is 12.3. The predicted molar refractivity (Wildman–Crippen MR) is 102 cm³/mol. The molecule has 26 heavy (non-hydrogen) atoms. The highest BCUT2D eigenvalue weighted by Crippen LogP contribution is 2.24. The number of hydrogen-bond acceptors (Lipinski definition) is 6. The molecule has 0 aliphatic carbocycles. The van der Waals surface area contributed by atoms with E-state index < -0.39 is 5.56 Å². The van der Waals surface area contributed by atoms with Gasteiger partial charge in [0.25, 0.3) is 5.56 Å². The SMILES string of the molecule is Cc1nnc(SCC(=O)N[C@@H](C)c2cccc3ccccc23)n(N)c1=O. The molecule has 134 valence electrons. The third-order valence-corrected chi connectivity index (χ3v) is 4.96. The van der Waals surface area contributed by atoms with Crippen LogP contribution in [0.1, 0.15) is 24.2 Å². The normalized spacial score (nSPS) is 12.1. The van der Waals surface area contributed by atoms with E-state index in [1.54, 1.807) is 0 Å². The van der Waals surface area contributed by atoms with Gasteiger partial charge in [-0.05, 0) is 30.2 Å². The number of nitrogens with one attached hydrogen (secondary N) is 1. The van der Waals surface area contributed by atoms with E-state index in [4.69, 9.17) is 5.84 Å². The molecule has 0 bridgehead atoms. The molecule has 0 saturated carbocycles. The molecule has 3 aromatic rings. The monoisotopic (exact) mass is 369 g/mol. The number of hydrogen-bond donors (Lipinski definition) is 2. The highest BCUT2D eigenvalue weighted by Gasteiger charge is 2.14. The second kappa shape index (κ2) is 7.57. The van der Waals surface area contributed by atoms with Gasteiger partial charge in [-0.3, -0.25) is 9.59 Å². The number of nitrogen functional groups attached to an aromatic ring is 1. The maximum Gasteiger partial charge on any atom is 0.294 e. The van der Waals surface area contributed by atoms with Crippen LogP contribution >= 0.6 is 11.8 Å². The van der Waals surface area contributed by atoms with Gasteiger partial charge in [0, 0.05) is 0 Å². The lowest BCUT2D eigenvalue weighted by molar-refractivity contribution is -0.119. The zero-order valence-electron chi connectivity index (χ0n) is 14.5. The molecule has 1 aromatic heterocycles. The minimum Gasteiger partial charge on any atom is -0.349 e. The van der Waals surface area contributed by atoms with Gasteiger partial charge in [-0.15, -0.1) is 10.2 Å². The number of amides is 1. The van der Waals surface area contributed by atoms with Crippen molar-refractivity contribution >= 4 is 28.4 Å². The first kappa shape index (κ1) is 17.9. The molecule has 0 spiro atoms. The van der Waals surface area contributed by atoms with Gasteiger partial charge >= 0.3 is 0 Å². The molecule has 0 unspecified atom stereocenters. The molecule has 1 amide bonds. The fourth-order valence-electron chi connectivity index (χ4n) is 2.69. The van der Waals surface area contributed by atoms with Crippen molar-refractivity contribution in [3.8, 4) is 0 Å². The Hall–Kier alpha value is -2.87. The van der Waals surface area contributed by atoms with Crippen LogP contribution < -0.4 is 16.7 Å². The molecule has 0 aliphatic rings. The topological polar surface area (TPSA) is 103 Å². The second-order valence-corrected chi connectivity index (χ2v) is 6.83. The lowest BCUT2D eigenvalue weighted by Gasteiger charge is -2.16. The number of thioether (sulfide) groups is 1. The van der Waals surface area contributed by atoms with Crippen molar-refractivity contribution in [1.82, 2.24) is 20.2 Å². The highest BCUT2D eigenvalue weighted by atomic mass is 32.2. The summed E-state index contributed by atoms with van der Waals surface area (Å²) in [4.78, 5) is 24.0. The molecular formula is C18H19N5O2S. The van der Waals surface area contributed by atoms with Crippen LogP contribution in [0.5, 0.6) is 0 Å². The first-order chi connectivity index (χ1) is 12.5. The first-order valence-electron chi connectivity index (χ1n) is 8.08. The molecule has 1 heterocycles. The average molecular weight is 369 g/mol. The Bertz CT molecular complexity index is 1010. The predicted octanol–water partition coefficient (Wildman–Crippen LogP) is 1.78. The molecule has 0 radical (unpaired) electrons. The Kier molecular flexibility index (Phi) is 5.22. The summed E-state index contributed by atoms with van der Waals surface area (Å²) >= 11 is 1.07. The average Bonchev–Trinajstić information content (AvgIpc) is 2.65. The number of nitrogens with zero attached hydrogens (tertiary/aromatic N) is 3. The number of nitrogens with two attached hydrogens (primary N) is 1. The summed E-state index contributed by atoms with van der Waals surface area (Å²) in [5, 5.41) is 13.0. The van der Waals surface area contributed by atoms with Crippen LogP contribution in [0.3, 0.4) is 0 Å². The van der Waals surface area contributed by atoms with Crippen molar-refractivity contribution in [2.45, 2.75) is 25.0 Å². The van der Waals surface area contributed by atoms with Crippen molar-refractivity contribution in [3.05, 3.63) is 64.1 Å². The number of carbonyl (C=O) groups excluding carboxylic acids is 1. The van der Waals surface area contributed by atoms with Crippen LogP contribution in [0.2, 0.25) is 0 Å². The molecule has 1 atom stereocenters. The van der Waals surface area contributed by atoms with Crippen molar-refractivity contribution in [2.24, 2.45) is 0 Å². The lowest BCUT2D eigenvalue weighted by Crippen LogP contribution is -2.33. The minimum absolute atomic E-state index is 0.0868. The van der Waals surface area contributed by atoms with E-state index in [9.17, 15) is 9.59 Å². The second-order valence-electron chi connectivity index (χ2n) is 5.89. The highest BCUT2D eigenvalue weighted by molar-refractivity contribution is 7.99. The lowest BCUT2D eigenvalue weighted by atomic mass is 10.00. The molecule has 0 aliphatic heterocycles. The number of fused-ring (bicyclic) bond motifs is 1. The van der Waals surface area contributed by atoms with Gasteiger partial charge < -0.3 is 11.2 Å². The Balaban J connectivity index is 1.68. The van der Waals surface area contributed by atoms with Gasteiger partial charge in [0.1, 0.15) is 5.69 Å². The summed E-state index contributed by atoms with van der Waals surface area (Å²) in [6.45, 7) is 3.47. The van der Waals surface area contributed by atoms with Gasteiger partial charge in [-0.2, -0.15) is 4.68 Å². The smallest absolute Gasteiger partial charge is 0.294 e. The van der Waals surface area contributed by atoms with Crippen molar-refractivity contribution in [1.29, 1.82) is 0 Å². The van der Waals surface area contributed by atoms with Gasteiger partial charge in [-0.1, -0.05) is 54.2 Å². The van der Waals surface area contributed by atoms with Crippen molar-refractivity contribution in [3.63, 3.8) is 0 Å². The minimum atomic E-state index is -0.424. The zero-order valence-corrected chi connectivity index (χ0v) is 15.3. The Morgan fingerprint density at radius 1 is 1.23 bits per heavy atom. The van der Waals surface area contributed by atoms with E-state index in [-0.39, 0.29) is 28.6 Å². The third-order valence-electron chi connectivity index (χ3n) is 4.02. The molecule has 3 N–H and O–H groups in total. The van der Waals surface area contributed by atoms with E-state index >= 15 is 0 Å². The third kappa shape index (κ3) is 3.70. The summed E-state index contributed by atoms with van der Waals surface area (Å²) < 4.78 is 0.911. The summed E-state index contributed by atoms with van der Waals surface area (Å²) in [5.74, 6) is 5.58. The number of rotatable bonds is 5. The number of aromatic nitrogens is 3. The van der Waals surface area contributed by atoms with E-state index in [1.807, 2.05) is 49.4 Å². The summed E-state index contributed by atoms with van der Waals surface area (Å²) in [6.07, 6.45) is 0. The number of carbonyl (C=O) groups is 1. The quantitative estimate of drug-likeness (QED) is 0.525. The van der Waals surface area contributed by atoms with Crippen LogP contribution in [0, 0.1) is 6.92 Å². The number of benzene rings is 2. The fourth-order valence-corrected chi connectivity index (χ4v) is 3.35. The Morgan fingerprint density at radius 2 is 1.96 bits per heavy atom. The molecule has 0 saturated heterocycles. The summed E-state index contributed by atoms with van der Waals surface area (Å²) in [6, 6.07) is 13.9. The molecule has 3 rings (SSSR count). The molecule has 7 nitrogen and oxygen atoms in total. The number of aryl methyl sites for hydroxylation is 1. The molecule has 0 fully saturated rings. The van der Waals surface area contributed by atoms with Gasteiger partial charge in [-0.25, -0.2) is 0 Å². The summed E-state index contributed by atoms with van der Waals surface area (Å²) in [7, 11) is 0. The van der Waals surface area contributed by atoms with E-state index in [0.717, 1.165) is 32.8 Å². The van der Waals surface area contributed by atoms with Crippen LogP contribution in [0.4, 0.5) is 0 Å². The Labute approximate surface area is 154 Å². The van der Waals surface area contributed by atoms with Crippen LogP contribution in [0.15, 0.2) is 52.4 Å². The van der Waals surface area contributed by atoms with Crippen molar-refractivity contribution in [2.75, 3.05) is 11.6 Å². The van der Waals surface area contributed by atoms with Crippen LogP contribution in [-0.2, 0) is 4.79 Å². The van der Waals surface area contributed by atoms with Crippen LogP contribution in [0.25, 0.3) is 10.8 Å².